The molecule has 3 aromatic carbocycles. The molecule has 0 aliphatic carbocycles. The van der Waals surface area contributed by atoms with Gasteiger partial charge >= 0.3 is 0 Å². The number of anilines is 1. The number of aliphatic hydroxyl groups is 1. The number of nitrogens with zero attached hydrogens (tertiary/aromatic N) is 3. The van der Waals surface area contributed by atoms with E-state index in [-0.39, 0.29) is 18.0 Å². The van der Waals surface area contributed by atoms with Gasteiger partial charge in [0.05, 0.1) is 5.69 Å². The molecule has 9 heteroatoms. The smallest absolute Gasteiger partial charge is 0.247 e. The Labute approximate surface area is 199 Å². The summed E-state index contributed by atoms with van der Waals surface area (Å²) in [6, 6.07) is 16.4. The van der Waals surface area contributed by atoms with E-state index >= 15 is 0 Å². The molecule has 0 fully saturated rings. The molecule has 0 saturated heterocycles. The van der Waals surface area contributed by atoms with Crippen LogP contribution in [-0.4, -0.2) is 37.6 Å². The number of benzene rings is 3. The zero-order valence-electron chi connectivity index (χ0n) is 19.2. The summed E-state index contributed by atoms with van der Waals surface area (Å²) in [5.74, 6) is 0.322. The minimum absolute atomic E-state index is 0.124. The molecular formula is C25H26N4O4S. The summed E-state index contributed by atoms with van der Waals surface area (Å²) in [5.41, 5.74) is 10.8. The van der Waals surface area contributed by atoms with E-state index < -0.39 is 22.4 Å². The Kier molecular flexibility index (Phi) is 4.78. The third-order valence-electron chi connectivity index (χ3n) is 7.09. The fraction of sp³-hybridized carbons (Fsp3) is 0.280. The van der Waals surface area contributed by atoms with Crippen LogP contribution in [0.15, 0.2) is 59.5 Å². The molecule has 0 spiro atoms. The molecular weight excluding hydrogens is 452 g/mol. The zero-order valence-corrected chi connectivity index (χ0v) is 20.0. The van der Waals surface area contributed by atoms with Crippen molar-refractivity contribution in [3.63, 3.8) is 0 Å². The van der Waals surface area contributed by atoms with Crippen LogP contribution >= 0.6 is 0 Å². The molecule has 3 aliphatic rings. The van der Waals surface area contributed by atoms with Crippen molar-refractivity contribution >= 4 is 21.4 Å². The number of rotatable bonds is 0. The number of para-hydroxylation sites is 1. The third-order valence-corrected chi connectivity index (χ3v) is 8.94. The Balaban J connectivity index is 1.64. The number of quaternary nitrogens is 1. The predicted octanol–water partition coefficient (Wildman–Crippen LogP) is 2.48. The molecule has 3 aliphatic heterocycles. The number of hydrogen-bond donors (Lipinski definition) is 2. The average molecular weight is 479 g/mol. The summed E-state index contributed by atoms with van der Waals surface area (Å²) in [7, 11) is -1.97. The molecule has 8 nitrogen and oxygen atoms in total. The van der Waals surface area contributed by atoms with Gasteiger partial charge in [-0.25, -0.2) is 8.42 Å². The molecule has 3 aromatic rings. The van der Waals surface area contributed by atoms with E-state index in [1.54, 1.807) is 29.3 Å². The fourth-order valence-corrected chi connectivity index (χ4v) is 6.70. The standard InChI is InChI=1S/C25H26N4O4S/c1-15-8-9-17-12-18(15)13-28-14-23(33-21-6-4-5-7-22(21)34(28,31)32)29-24-16(2)19(25(17)30)10-11-20(24)27(3)26-29/h4-12,23,25,29-30H,13-14H2,1-3H3. The zero-order chi connectivity index (χ0) is 23.8. The van der Waals surface area contributed by atoms with Gasteiger partial charge in [0.1, 0.15) is 23.3 Å². The molecule has 0 saturated carbocycles. The highest BCUT2D eigenvalue weighted by molar-refractivity contribution is 7.89. The number of nitrogens with one attached hydrogen (secondary N) is 1. The first-order valence-corrected chi connectivity index (χ1v) is 12.7. The lowest BCUT2D eigenvalue weighted by Crippen LogP contribution is -3.09. The second-order valence-corrected chi connectivity index (χ2v) is 11.0. The molecule has 3 heterocycles. The van der Waals surface area contributed by atoms with Crippen molar-refractivity contribution in [2.75, 3.05) is 18.6 Å². The monoisotopic (exact) mass is 478 g/mol. The normalized spacial score (nSPS) is 26.5. The van der Waals surface area contributed by atoms with E-state index in [9.17, 15) is 13.5 Å². The number of aryl methyl sites for hydroxylation is 1. The van der Waals surface area contributed by atoms with Crippen LogP contribution in [0.1, 0.15) is 33.9 Å². The second-order valence-electron chi connectivity index (χ2n) is 9.12. The summed E-state index contributed by atoms with van der Waals surface area (Å²) < 4.78 is 35.4. The molecule has 2 N–H and O–H groups in total. The quantitative estimate of drug-likeness (QED) is 0.518. The number of fused-ring (bicyclic) bond motifs is 7. The molecule has 6 bridgehead atoms. The summed E-state index contributed by atoms with van der Waals surface area (Å²) in [4.78, 5) is 0.152. The first-order chi connectivity index (χ1) is 16.3. The number of sulfonamides is 1. The highest BCUT2D eigenvalue weighted by atomic mass is 32.2. The first kappa shape index (κ1) is 21.6. The Morgan fingerprint density at radius 2 is 1.91 bits per heavy atom. The van der Waals surface area contributed by atoms with Gasteiger partial charge in [0.15, 0.2) is 5.69 Å². The third kappa shape index (κ3) is 3.09. The molecule has 34 heavy (non-hydrogen) atoms. The molecule has 4 atom stereocenters. The van der Waals surface area contributed by atoms with Gasteiger partial charge < -0.3 is 25.4 Å². The molecule has 0 radical (unpaired) electrons. The number of hydrogen-bond acceptors (Lipinski definition) is 5. The van der Waals surface area contributed by atoms with Gasteiger partial charge in [0, 0.05) is 12.1 Å². The van der Waals surface area contributed by atoms with Crippen molar-refractivity contribution in [3.05, 3.63) is 87.9 Å². The minimum atomic E-state index is -3.83. The Bertz CT molecular complexity index is 1420. The SMILES string of the molecule is Cc1ccc2cc1CN1CC(Oc3ccccc3S1(=O)=O)[NH+]1[N-]N(C)c3ccc(c(C)c31)C2O. The van der Waals surface area contributed by atoms with E-state index in [0.717, 1.165) is 39.2 Å². The van der Waals surface area contributed by atoms with Crippen LogP contribution in [0.2, 0.25) is 0 Å². The average Bonchev–Trinajstić information content (AvgIpc) is 3.10. The summed E-state index contributed by atoms with van der Waals surface area (Å²) in [5, 5.41) is 13.8. The lowest BCUT2D eigenvalue weighted by atomic mass is 9.93. The van der Waals surface area contributed by atoms with Gasteiger partial charge in [0.2, 0.25) is 16.3 Å². The van der Waals surface area contributed by atoms with E-state index in [1.165, 1.54) is 4.31 Å². The number of ether oxygens (including phenoxy) is 1. The van der Waals surface area contributed by atoms with Crippen LogP contribution in [0, 0.1) is 13.8 Å². The van der Waals surface area contributed by atoms with Crippen molar-refractivity contribution in [1.82, 2.24) is 4.31 Å². The van der Waals surface area contributed by atoms with Gasteiger partial charge in [-0.1, -0.05) is 36.4 Å². The van der Waals surface area contributed by atoms with Gasteiger partial charge in [-0.2, -0.15) is 4.31 Å². The number of aliphatic hydroxyl groups excluding tert-OH is 1. The van der Waals surface area contributed by atoms with Crippen molar-refractivity contribution in [2.24, 2.45) is 0 Å². The molecule has 0 aromatic heterocycles. The largest absolute Gasteiger partial charge is 0.440 e. The Hall–Kier alpha value is -2.95. The first-order valence-electron chi connectivity index (χ1n) is 11.2. The van der Waals surface area contributed by atoms with Crippen LogP contribution in [0.25, 0.3) is 5.53 Å². The minimum Gasteiger partial charge on any atom is -0.440 e. The molecule has 176 valence electrons. The van der Waals surface area contributed by atoms with Crippen molar-refractivity contribution in [3.8, 4) is 5.75 Å². The van der Waals surface area contributed by atoms with Crippen LogP contribution in [0.3, 0.4) is 0 Å². The Morgan fingerprint density at radius 1 is 1.12 bits per heavy atom. The lowest BCUT2D eigenvalue weighted by Gasteiger charge is -2.35. The topological polar surface area (TPSA) is 88.6 Å². The van der Waals surface area contributed by atoms with Crippen LogP contribution < -0.4 is 14.8 Å². The second kappa shape index (κ2) is 7.53. The van der Waals surface area contributed by atoms with Crippen molar-refractivity contribution < 1.29 is 23.3 Å². The molecule has 4 unspecified atom stereocenters. The molecule has 0 amide bonds. The van der Waals surface area contributed by atoms with E-state index in [4.69, 9.17) is 10.3 Å². The maximum atomic E-state index is 13.8. The molecule has 6 rings (SSSR count). The Morgan fingerprint density at radius 3 is 2.74 bits per heavy atom. The van der Waals surface area contributed by atoms with E-state index in [2.05, 4.69) is 0 Å². The van der Waals surface area contributed by atoms with Crippen LogP contribution in [0.5, 0.6) is 5.75 Å². The van der Waals surface area contributed by atoms with Crippen LogP contribution in [-0.2, 0) is 16.6 Å². The van der Waals surface area contributed by atoms with Gasteiger partial charge in [-0.05, 0) is 61.3 Å². The predicted molar refractivity (Wildman–Crippen MR) is 127 cm³/mol. The highest BCUT2D eigenvalue weighted by Crippen LogP contribution is 2.39. The van der Waals surface area contributed by atoms with Crippen molar-refractivity contribution in [2.45, 2.75) is 37.6 Å². The van der Waals surface area contributed by atoms with Gasteiger partial charge in [0.25, 0.3) is 0 Å². The van der Waals surface area contributed by atoms with Gasteiger partial charge in [-0.3, -0.25) is 0 Å². The maximum Gasteiger partial charge on any atom is 0.247 e. The summed E-state index contributed by atoms with van der Waals surface area (Å²) in [6.45, 7) is 4.23. The van der Waals surface area contributed by atoms with Crippen molar-refractivity contribution in [1.29, 1.82) is 0 Å². The van der Waals surface area contributed by atoms with E-state index in [1.807, 2.05) is 51.2 Å². The summed E-state index contributed by atoms with van der Waals surface area (Å²) >= 11 is 0. The van der Waals surface area contributed by atoms with Gasteiger partial charge in [-0.15, -0.1) is 0 Å². The van der Waals surface area contributed by atoms with E-state index in [0.29, 0.717) is 10.8 Å². The summed E-state index contributed by atoms with van der Waals surface area (Å²) in [6.07, 6.45) is -1.46. The fourth-order valence-electron chi connectivity index (χ4n) is 5.16. The van der Waals surface area contributed by atoms with Crippen LogP contribution in [0.4, 0.5) is 11.4 Å². The maximum absolute atomic E-state index is 13.8. The highest BCUT2D eigenvalue weighted by Gasteiger charge is 2.41. The lowest BCUT2D eigenvalue weighted by molar-refractivity contribution is -0.840.